The third-order valence-electron chi connectivity index (χ3n) is 3.88. The Hall–Kier alpha value is -0.900. The van der Waals surface area contributed by atoms with Gasteiger partial charge in [-0.1, -0.05) is 29.8 Å². The van der Waals surface area contributed by atoms with E-state index in [2.05, 4.69) is 48.0 Å². The van der Waals surface area contributed by atoms with Crippen molar-refractivity contribution < 1.29 is 0 Å². The Morgan fingerprint density at radius 3 is 2.50 bits per heavy atom. The van der Waals surface area contributed by atoms with Crippen molar-refractivity contribution in [3.63, 3.8) is 0 Å². The monoisotopic (exact) mass is 247 g/mol. The highest BCUT2D eigenvalue weighted by Crippen LogP contribution is 2.21. The maximum absolute atomic E-state index is 6.00. The normalized spacial score (nSPS) is 20.6. The molecule has 1 atom stereocenters. The molecule has 0 radical (unpaired) electrons. The van der Waals surface area contributed by atoms with E-state index in [-0.39, 0.29) is 0 Å². The molecular weight excluding hydrogens is 222 g/mol. The lowest BCUT2D eigenvalue weighted by Crippen LogP contribution is -2.36. The molecular formula is C15H25N3. The number of hydrogen-bond donors (Lipinski definition) is 1. The van der Waals surface area contributed by atoms with Gasteiger partial charge in [0.2, 0.25) is 0 Å². The molecule has 1 heterocycles. The Balaban J connectivity index is 2.09. The molecule has 1 aromatic carbocycles. The summed E-state index contributed by atoms with van der Waals surface area (Å²) in [5, 5.41) is 0. The molecule has 3 heteroatoms. The molecule has 0 bridgehead atoms. The van der Waals surface area contributed by atoms with Gasteiger partial charge in [0.15, 0.2) is 0 Å². The standard InChI is InChI=1S/C15H25N3/c1-13-4-6-14(7-5-13)15(12-16)18-9-3-8-17(2)10-11-18/h4-7,15H,3,8-12,16H2,1-2H3. The maximum Gasteiger partial charge on any atom is 0.0471 e. The van der Waals surface area contributed by atoms with E-state index in [9.17, 15) is 0 Å². The zero-order chi connectivity index (χ0) is 13.0. The Kier molecular flexibility index (Phi) is 4.75. The van der Waals surface area contributed by atoms with Crippen LogP contribution in [0.1, 0.15) is 23.6 Å². The second-order valence-electron chi connectivity index (χ2n) is 5.35. The lowest BCUT2D eigenvalue weighted by molar-refractivity contribution is 0.208. The van der Waals surface area contributed by atoms with Crippen molar-refractivity contribution >= 4 is 0 Å². The van der Waals surface area contributed by atoms with Crippen LogP contribution in [0.2, 0.25) is 0 Å². The van der Waals surface area contributed by atoms with Gasteiger partial charge in [-0.15, -0.1) is 0 Å². The summed E-state index contributed by atoms with van der Waals surface area (Å²) in [4.78, 5) is 4.94. The van der Waals surface area contributed by atoms with Crippen LogP contribution < -0.4 is 5.73 Å². The first kappa shape index (κ1) is 13.5. The molecule has 3 nitrogen and oxygen atoms in total. The summed E-state index contributed by atoms with van der Waals surface area (Å²) >= 11 is 0. The summed E-state index contributed by atoms with van der Waals surface area (Å²) in [6, 6.07) is 9.18. The summed E-state index contributed by atoms with van der Waals surface area (Å²) in [6.07, 6.45) is 1.23. The molecule has 1 aliphatic rings. The molecule has 1 unspecified atom stereocenters. The summed E-state index contributed by atoms with van der Waals surface area (Å²) in [5.74, 6) is 0. The summed E-state index contributed by atoms with van der Waals surface area (Å²) in [5.41, 5.74) is 8.67. The van der Waals surface area contributed by atoms with E-state index in [1.165, 1.54) is 24.1 Å². The van der Waals surface area contributed by atoms with E-state index >= 15 is 0 Å². The van der Waals surface area contributed by atoms with E-state index in [1.807, 2.05) is 0 Å². The number of likely N-dealkylation sites (N-methyl/N-ethyl adjacent to an activating group) is 1. The minimum atomic E-state index is 0.372. The Bertz CT molecular complexity index is 361. The van der Waals surface area contributed by atoms with Gasteiger partial charge >= 0.3 is 0 Å². The smallest absolute Gasteiger partial charge is 0.0471 e. The summed E-state index contributed by atoms with van der Waals surface area (Å²) in [6.45, 7) is 7.44. The fourth-order valence-corrected chi connectivity index (χ4v) is 2.66. The van der Waals surface area contributed by atoms with Crippen molar-refractivity contribution in [1.29, 1.82) is 0 Å². The topological polar surface area (TPSA) is 32.5 Å². The van der Waals surface area contributed by atoms with Gasteiger partial charge in [-0.05, 0) is 32.5 Å². The van der Waals surface area contributed by atoms with Crippen LogP contribution in [0.15, 0.2) is 24.3 Å². The second kappa shape index (κ2) is 6.32. The average molecular weight is 247 g/mol. The fourth-order valence-electron chi connectivity index (χ4n) is 2.66. The van der Waals surface area contributed by atoms with Crippen LogP contribution in [-0.2, 0) is 0 Å². The van der Waals surface area contributed by atoms with E-state index in [1.54, 1.807) is 0 Å². The van der Waals surface area contributed by atoms with Crippen molar-refractivity contribution in [1.82, 2.24) is 9.80 Å². The van der Waals surface area contributed by atoms with Gasteiger partial charge in [0.1, 0.15) is 0 Å². The van der Waals surface area contributed by atoms with Crippen molar-refractivity contribution in [3.8, 4) is 0 Å². The number of hydrogen-bond acceptors (Lipinski definition) is 3. The van der Waals surface area contributed by atoms with Crippen molar-refractivity contribution in [3.05, 3.63) is 35.4 Å². The van der Waals surface area contributed by atoms with Gasteiger partial charge in [-0.3, -0.25) is 4.90 Å². The molecule has 2 rings (SSSR count). The summed E-state index contributed by atoms with van der Waals surface area (Å²) < 4.78 is 0. The first-order valence-electron chi connectivity index (χ1n) is 6.90. The number of benzene rings is 1. The van der Waals surface area contributed by atoms with Crippen LogP contribution in [0.3, 0.4) is 0 Å². The fraction of sp³-hybridized carbons (Fsp3) is 0.600. The Morgan fingerprint density at radius 2 is 1.83 bits per heavy atom. The minimum Gasteiger partial charge on any atom is -0.329 e. The molecule has 0 spiro atoms. The van der Waals surface area contributed by atoms with Crippen LogP contribution in [0.5, 0.6) is 0 Å². The van der Waals surface area contributed by atoms with E-state index in [0.717, 1.165) is 19.6 Å². The minimum absolute atomic E-state index is 0.372. The maximum atomic E-state index is 6.00. The molecule has 0 amide bonds. The molecule has 1 aromatic rings. The molecule has 0 aliphatic carbocycles. The molecule has 1 saturated heterocycles. The van der Waals surface area contributed by atoms with Gasteiger partial charge in [0.05, 0.1) is 0 Å². The van der Waals surface area contributed by atoms with Crippen LogP contribution in [-0.4, -0.2) is 49.6 Å². The molecule has 0 aromatic heterocycles. The molecule has 0 saturated carbocycles. The van der Waals surface area contributed by atoms with E-state index in [0.29, 0.717) is 12.6 Å². The Morgan fingerprint density at radius 1 is 1.11 bits per heavy atom. The molecule has 18 heavy (non-hydrogen) atoms. The molecule has 100 valence electrons. The van der Waals surface area contributed by atoms with Gasteiger partial charge < -0.3 is 10.6 Å². The van der Waals surface area contributed by atoms with Crippen molar-refractivity contribution in [2.75, 3.05) is 39.8 Å². The number of nitrogens with two attached hydrogens (primary N) is 1. The van der Waals surface area contributed by atoms with E-state index < -0.39 is 0 Å². The van der Waals surface area contributed by atoms with Crippen LogP contribution in [0.25, 0.3) is 0 Å². The summed E-state index contributed by atoms with van der Waals surface area (Å²) in [7, 11) is 2.20. The van der Waals surface area contributed by atoms with Gasteiger partial charge in [-0.2, -0.15) is 0 Å². The van der Waals surface area contributed by atoms with Gasteiger partial charge in [0.25, 0.3) is 0 Å². The first-order valence-corrected chi connectivity index (χ1v) is 6.90. The van der Waals surface area contributed by atoms with Crippen molar-refractivity contribution in [2.45, 2.75) is 19.4 Å². The van der Waals surface area contributed by atoms with Gasteiger partial charge in [0, 0.05) is 32.2 Å². The first-order chi connectivity index (χ1) is 8.70. The number of aryl methyl sites for hydroxylation is 1. The van der Waals surface area contributed by atoms with E-state index in [4.69, 9.17) is 5.73 Å². The zero-order valence-corrected chi connectivity index (χ0v) is 11.6. The van der Waals surface area contributed by atoms with Crippen LogP contribution >= 0.6 is 0 Å². The largest absolute Gasteiger partial charge is 0.329 e. The molecule has 1 fully saturated rings. The highest BCUT2D eigenvalue weighted by Gasteiger charge is 2.21. The second-order valence-corrected chi connectivity index (χ2v) is 5.35. The highest BCUT2D eigenvalue weighted by molar-refractivity contribution is 5.24. The molecule has 2 N–H and O–H groups in total. The number of rotatable bonds is 3. The highest BCUT2D eigenvalue weighted by atomic mass is 15.2. The quantitative estimate of drug-likeness (QED) is 0.881. The predicted octanol–water partition coefficient (Wildman–Crippen LogP) is 1.63. The zero-order valence-electron chi connectivity index (χ0n) is 11.6. The third kappa shape index (κ3) is 3.31. The van der Waals surface area contributed by atoms with Gasteiger partial charge in [-0.25, -0.2) is 0 Å². The third-order valence-corrected chi connectivity index (χ3v) is 3.88. The van der Waals surface area contributed by atoms with Crippen LogP contribution in [0, 0.1) is 6.92 Å². The predicted molar refractivity (Wildman–Crippen MR) is 76.7 cm³/mol. The Labute approximate surface area is 111 Å². The molecule has 1 aliphatic heterocycles. The SMILES string of the molecule is Cc1ccc(C(CN)N2CCCN(C)CC2)cc1. The lowest BCUT2D eigenvalue weighted by Gasteiger charge is -2.30. The number of nitrogens with zero attached hydrogens (tertiary/aromatic N) is 2. The average Bonchev–Trinajstić information content (AvgIpc) is 2.58. The van der Waals surface area contributed by atoms with Crippen molar-refractivity contribution in [2.24, 2.45) is 5.73 Å². The lowest BCUT2D eigenvalue weighted by atomic mass is 10.0. The van der Waals surface area contributed by atoms with Crippen LogP contribution in [0.4, 0.5) is 0 Å².